The van der Waals surface area contributed by atoms with E-state index in [0.717, 1.165) is 0 Å². The monoisotopic (exact) mass is 115 g/mol. The van der Waals surface area contributed by atoms with Crippen LogP contribution in [0.25, 0.3) is 10.4 Å². The van der Waals surface area contributed by atoms with Gasteiger partial charge in [-0.1, -0.05) is 0 Å². The van der Waals surface area contributed by atoms with Crippen molar-refractivity contribution in [2.45, 2.75) is 13.0 Å². The van der Waals surface area contributed by atoms with Crippen LogP contribution < -0.4 is 0 Å². The van der Waals surface area contributed by atoms with Gasteiger partial charge in [0, 0.05) is 4.91 Å². The second-order valence-electron chi connectivity index (χ2n) is 1.20. The Kier molecular flexibility index (Phi) is 2.61. The van der Waals surface area contributed by atoms with Crippen molar-refractivity contribution < 1.29 is 9.90 Å². The molecule has 5 nitrogen and oxygen atoms in total. The van der Waals surface area contributed by atoms with Crippen molar-refractivity contribution in [1.29, 1.82) is 0 Å². The molecule has 0 heterocycles. The van der Waals surface area contributed by atoms with Gasteiger partial charge in [0.05, 0.1) is 0 Å². The van der Waals surface area contributed by atoms with E-state index >= 15 is 0 Å². The highest BCUT2D eigenvalue weighted by atomic mass is 16.3. The Morgan fingerprint density at radius 1 is 2.00 bits per heavy atom. The zero-order valence-corrected chi connectivity index (χ0v) is 4.27. The van der Waals surface area contributed by atoms with Gasteiger partial charge in [-0.25, -0.2) is 0 Å². The van der Waals surface area contributed by atoms with Gasteiger partial charge in [0.2, 0.25) is 5.91 Å². The first-order chi connectivity index (χ1) is 3.68. The topological polar surface area (TPSA) is 86.1 Å². The average molecular weight is 115 g/mol. The lowest BCUT2D eigenvalue weighted by molar-refractivity contribution is -0.125. The fourth-order valence-electron chi connectivity index (χ4n) is 0.128. The molecule has 0 aromatic carbocycles. The van der Waals surface area contributed by atoms with Gasteiger partial charge in [-0.15, -0.1) is 0 Å². The van der Waals surface area contributed by atoms with E-state index in [4.69, 9.17) is 10.6 Å². The molecule has 0 aliphatic heterocycles. The number of rotatable bonds is 1. The Balaban J connectivity index is 3.84. The van der Waals surface area contributed by atoms with Crippen LogP contribution in [0.2, 0.25) is 0 Å². The minimum Gasteiger partial charge on any atom is -0.385 e. The van der Waals surface area contributed by atoms with Gasteiger partial charge in [0.25, 0.3) is 0 Å². The maximum atomic E-state index is 10.1. The van der Waals surface area contributed by atoms with E-state index in [1.54, 1.807) is 0 Å². The molecule has 1 unspecified atom stereocenters. The number of nitrogens with zero attached hydrogens (tertiary/aromatic N) is 3. The van der Waals surface area contributed by atoms with Crippen molar-refractivity contribution >= 4 is 5.91 Å². The van der Waals surface area contributed by atoms with Crippen LogP contribution in [-0.2, 0) is 4.79 Å². The molecule has 1 atom stereocenters. The van der Waals surface area contributed by atoms with E-state index in [1.807, 2.05) is 0 Å². The highest BCUT2D eigenvalue weighted by Crippen LogP contribution is 1.83. The molecule has 0 bridgehead atoms. The van der Waals surface area contributed by atoms with Gasteiger partial charge in [-0.2, -0.15) is 0 Å². The Morgan fingerprint density at radius 3 is 2.62 bits per heavy atom. The van der Waals surface area contributed by atoms with Crippen molar-refractivity contribution in [3.63, 3.8) is 0 Å². The standard InChI is InChI=1S/C3H5N3O2/c1-2(7)3(8)5-6-4/h2,7H,1H3. The molecule has 5 heteroatoms. The van der Waals surface area contributed by atoms with Crippen LogP contribution in [0.15, 0.2) is 5.11 Å². The summed E-state index contributed by atoms with van der Waals surface area (Å²) in [6, 6.07) is 0. The Hall–Kier alpha value is -1.06. The predicted molar refractivity (Wildman–Crippen MR) is 25.8 cm³/mol. The first-order valence-corrected chi connectivity index (χ1v) is 1.95. The molecular formula is C3H5N3O2. The number of carbonyl (C=O) groups is 1. The zero-order chi connectivity index (χ0) is 6.57. The van der Waals surface area contributed by atoms with Crippen LogP contribution in [0.5, 0.6) is 0 Å². The molecule has 0 spiro atoms. The van der Waals surface area contributed by atoms with E-state index in [0.29, 0.717) is 0 Å². The van der Waals surface area contributed by atoms with Gasteiger partial charge in [0.15, 0.2) is 0 Å². The number of hydrogen-bond acceptors (Lipinski definition) is 2. The lowest BCUT2D eigenvalue weighted by Crippen LogP contribution is -2.11. The number of hydrogen-bond donors (Lipinski definition) is 1. The number of azide groups is 1. The molecule has 0 aromatic heterocycles. The van der Waals surface area contributed by atoms with E-state index in [9.17, 15) is 4.79 Å². The van der Waals surface area contributed by atoms with Crippen LogP contribution in [-0.4, -0.2) is 17.1 Å². The SMILES string of the molecule is CC(O)C(=O)N=[N+]=[N-]. The molecule has 1 N–H and O–H groups in total. The smallest absolute Gasteiger partial charge is 0.246 e. The second kappa shape index (κ2) is 3.01. The van der Waals surface area contributed by atoms with Crippen molar-refractivity contribution in [3.05, 3.63) is 10.4 Å². The van der Waals surface area contributed by atoms with Crippen LogP contribution in [0.4, 0.5) is 0 Å². The maximum absolute atomic E-state index is 10.1. The molecule has 8 heavy (non-hydrogen) atoms. The number of amides is 1. The Bertz CT molecular complexity index is 135. The molecular weight excluding hydrogens is 110 g/mol. The number of aliphatic hydroxyl groups excluding tert-OH is 1. The van der Waals surface area contributed by atoms with E-state index in [2.05, 4.69) is 10.0 Å². The third-order valence-corrected chi connectivity index (χ3v) is 0.501. The van der Waals surface area contributed by atoms with Crippen LogP contribution in [0, 0.1) is 0 Å². The van der Waals surface area contributed by atoms with Crippen LogP contribution >= 0.6 is 0 Å². The third-order valence-electron chi connectivity index (χ3n) is 0.501. The lowest BCUT2D eigenvalue weighted by Gasteiger charge is -1.90. The van der Waals surface area contributed by atoms with E-state index in [-0.39, 0.29) is 0 Å². The number of aliphatic hydroxyl groups is 1. The van der Waals surface area contributed by atoms with Crippen molar-refractivity contribution in [2.75, 3.05) is 0 Å². The quantitative estimate of drug-likeness (QED) is 0.300. The molecule has 0 aliphatic carbocycles. The fourth-order valence-corrected chi connectivity index (χ4v) is 0.128. The first kappa shape index (κ1) is 6.94. The summed E-state index contributed by atoms with van der Waals surface area (Å²) in [7, 11) is 0. The molecule has 0 saturated heterocycles. The van der Waals surface area contributed by atoms with Crippen molar-refractivity contribution in [2.24, 2.45) is 5.11 Å². The molecule has 0 aromatic rings. The summed E-state index contributed by atoms with van der Waals surface area (Å²) >= 11 is 0. The Labute approximate surface area is 45.6 Å². The largest absolute Gasteiger partial charge is 0.385 e. The fraction of sp³-hybridized carbons (Fsp3) is 0.667. The second-order valence-corrected chi connectivity index (χ2v) is 1.20. The molecule has 0 saturated carbocycles. The molecule has 0 aliphatic rings. The first-order valence-electron chi connectivity index (χ1n) is 1.95. The predicted octanol–water partition coefficient (Wildman–Crippen LogP) is 0.204. The molecule has 44 valence electrons. The normalized spacial score (nSPS) is 11.8. The van der Waals surface area contributed by atoms with E-state index < -0.39 is 12.0 Å². The maximum Gasteiger partial charge on any atom is 0.246 e. The average Bonchev–Trinajstić information content (AvgIpc) is 1.67. The zero-order valence-electron chi connectivity index (χ0n) is 4.27. The summed E-state index contributed by atoms with van der Waals surface area (Å²) in [4.78, 5) is 12.2. The molecule has 0 rings (SSSR count). The van der Waals surface area contributed by atoms with Crippen LogP contribution in [0.1, 0.15) is 6.92 Å². The van der Waals surface area contributed by atoms with Crippen molar-refractivity contribution in [3.8, 4) is 0 Å². The van der Waals surface area contributed by atoms with Crippen molar-refractivity contribution in [1.82, 2.24) is 0 Å². The molecule has 1 amide bonds. The van der Waals surface area contributed by atoms with Crippen LogP contribution in [0.3, 0.4) is 0 Å². The minimum absolute atomic E-state index is 0.854. The molecule has 0 radical (unpaired) electrons. The van der Waals surface area contributed by atoms with E-state index in [1.165, 1.54) is 6.92 Å². The van der Waals surface area contributed by atoms with Gasteiger partial charge < -0.3 is 5.11 Å². The summed E-state index contributed by atoms with van der Waals surface area (Å²) in [5, 5.41) is 11.0. The highest BCUT2D eigenvalue weighted by molar-refractivity contribution is 5.80. The van der Waals surface area contributed by atoms with Gasteiger partial charge >= 0.3 is 0 Å². The third kappa shape index (κ3) is 2.17. The lowest BCUT2D eigenvalue weighted by atomic mass is 10.4. The molecule has 0 fully saturated rings. The highest BCUT2D eigenvalue weighted by Gasteiger charge is 2.03. The summed E-state index contributed by atoms with van der Waals surface area (Å²) < 4.78 is 0. The van der Waals surface area contributed by atoms with Gasteiger partial charge in [-0.3, -0.25) is 4.79 Å². The number of carbonyl (C=O) groups excluding carboxylic acids is 1. The summed E-state index contributed by atoms with van der Waals surface area (Å²) in [5.74, 6) is -0.854. The summed E-state index contributed by atoms with van der Waals surface area (Å²) in [6.45, 7) is 1.23. The summed E-state index contributed by atoms with van der Waals surface area (Å²) in [6.07, 6.45) is -1.19. The Morgan fingerprint density at radius 2 is 2.50 bits per heavy atom. The van der Waals surface area contributed by atoms with Gasteiger partial charge in [0.1, 0.15) is 6.10 Å². The minimum atomic E-state index is -1.19. The van der Waals surface area contributed by atoms with Gasteiger partial charge in [-0.05, 0) is 17.6 Å². The summed E-state index contributed by atoms with van der Waals surface area (Å²) in [5.41, 5.74) is 7.61.